The summed E-state index contributed by atoms with van der Waals surface area (Å²) in [6.07, 6.45) is 0. The van der Waals surface area contributed by atoms with Crippen LogP contribution < -0.4 is 22.1 Å². The monoisotopic (exact) mass is 416 g/mol. The van der Waals surface area contributed by atoms with Gasteiger partial charge in [0.1, 0.15) is 18.1 Å². The number of urea groups is 1. The minimum absolute atomic E-state index is 0.229. The molecular formula is C15H20N4O6S2. The van der Waals surface area contributed by atoms with Gasteiger partial charge in [-0.1, -0.05) is 51.9 Å². The molecule has 3 unspecified atom stereocenters. The maximum Gasteiger partial charge on any atom is 0.322 e. The second kappa shape index (κ2) is 11.4. The first-order chi connectivity index (χ1) is 12.7. The molecule has 0 spiro atoms. The van der Waals surface area contributed by atoms with Gasteiger partial charge in [0.25, 0.3) is 5.91 Å². The highest BCUT2D eigenvalue weighted by atomic mass is 33.1. The first kappa shape index (κ1) is 22.8. The van der Waals surface area contributed by atoms with Gasteiger partial charge in [-0.3, -0.25) is 19.7 Å². The van der Waals surface area contributed by atoms with Gasteiger partial charge in [0.2, 0.25) is 0 Å². The van der Waals surface area contributed by atoms with Gasteiger partial charge >= 0.3 is 18.0 Å². The first-order valence-corrected chi connectivity index (χ1v) is 10.1. The quantitative estimate of drug-likeness (QED) is 0.188. The van der Waals surface area contributed by atoms with Crippen molar-refractivity contribution < 1.29 is 29.4 Å². The molecule has 1 fully saturated rings. The molecule has 10 nitrogen and oxygen atoms in total. The molecule has 12 heteroatoms. The molecule has 0 aliphatic carbocycles. The number of carboxylic acid groups (broad SMARTS) is 2. The molecule has 0 radical (unpaired) electrons. The van der Waals surface area contributed by atoms with Gasteiger partial charge < -0.3 is 27.0 Å². The molecule has 1 heterocycles. The molecule has 0 aromatic heterocycles. The molecule has 1 aliphatic heterocycles. The van der Waals surface area contributed by atoms with Gasteiger partial charge in [-0.25, -0.2) is 4.79 Å². The van der Waals surface area contributed by atoms with Crippen LogP contribution in [0.15, 0.2) is 30.3 Å². The Hall–Kier alpha value is -2.28. The Balaban J connectivity index is 0.000000270. The van der Waals surface area contributed by atoms with E-state index >= 15 is 0 Å². The number of hydrogen-bond donors (Lipinski definition) is 6. The highest BCUT2D eigenvalue weighted by Gasteiger charge is 2.30. The molecular weight excluding hydrogens is 396 g/mol. The molecule has 1 aliphatic rings. The van der Waals surface area contributed by atoms with Crippen LogP contribution in [0.2, 0.25) is 0 Å². The van der Waals surface area contributed by atoms with Gasteiger partial charge in [-0.15, -0.1) is 0 Å². The van der Waals surface area contributed by atoms with Crippen molar-refractivity contribution in [2.24, 2.45) is 11.5 Å². The molecule has 2 rings (SSSR count). The van der Waals surface area contributed by atoms with Crippen molar-refractivity contribution in [3.05, 3.63) is 35.9 Å². The van der Waals surface area contributed by atoms with E-state index in [1.54, 1.807) is 12.1 Å². The first-order valence-electron chi connectivity index (χ1n) is 7.59. The smallest absolute Gasteiger partial charge is 0.322 e. The molecule has 27 heavy (non-hydrogen) atoms. The number of nitrogens with one attached hydrogen (secondary N) is 2. The molecule has 148 valence electrons. The van der Waals surface area contributed by atoms with Crippen molar-refractivity contribution in [1.82, 2.24) is 10.6 Å². The zero-order valence-corrected chi connectivity index (χ0v) is 15.7. The second-order valence-corrected chi connectivity index (χ2v) is 7.82. The number of aliphatic carboxylic acids is 2. The maximum atomic E-state index is 11.2. The SMILES string of the molecule is NC(CSSCC(N)C(=O)O)C(=O)O.O=C1NC(=O)C(c2ccccc2)N1. The van der Waals surface area contributed by atoms with Crippen LogP contribution in [0.1, 0.15) is 11.6 Å². The van der Waals surface area contributed by atoms with Gasteiger partial charge in [-0.05, 0) is 5.56 Å². The van der Waals surface area contributed by atoms with Crippen LogP contribution >= 0.6 is 21.6 Å². The summed E-state index contributed by atoms with van der Waals surface area (Å²) in [5.74, 6) is -1.98. The van der Waals surface area contributed by atoms with Crippen molar-refractivity contribution in [3.63, 3.8) is 0 Å². The lowest BCUT2D eigenvalue weighted by Crippen LogP contribution is -2.33. The topological polar surface area (TPSA) is 185 Å². The van der Waals surface area contributed by atoms with E-state index in [2.05, 4.69) is 10.6 Å². The number of rotatable bonds is 8. The maximum absolute atomic E-state index is 11.2. The van der Waals surface area contributed by atoms with E-state index in [4.69, 9.17) is 21.7 Å². The van der Waals surface area contributed by atoms with Crippen LogP contribution in [-0.2, 0) is 14.4 Å². The lowest BCUT2D eigenvalue weighted by Gasteiger charge is -2.07. The fourth-order valence-corrected chi connectivity index (χ4v) is 3.91. The summed E-state index contributed by atoms with van der Waals surface area (Å²) in [5.41, 5.74) is 11.2. The molecule has 0 bridgehead atoms. The van der Waals surface area contributed by atoms with Crippen LogP contribution in [0.3, 0.4) is 0 Å². The van der Waals surface area contributed by atoms with E-state index in [0.29, 0.717) is 0 Å². The molecule has 0 saturated carbocycles. The predicted molar refractivity (Wildman–Crippen MR) is 102 cm³/mol. The van der Waals surface area contributed by atoms with Crippen LogP contribution in [0.25, 0.3) is 0 Å². The Morgan fingerprint density at radius 3 is 1.85 bits per heavy atom. The lowest BCUT2D eigenvalue weighted by atomic mass is 10.1. The number of carbonyl (C=O) groups excluding carboxylic acids is 2. The van der Waals surface area contributed by atoms with E-state index in [1.807, 2.05) is 18.2 Å². The van der Waals surface area contributed by atoms with Crippen molar-refractivity contribution in [3.8, 4) is 0 Å². The number of nitrogens with two attached hydrogens (primary N) is 2. The van der Waals surface area contributed by atoms with Crippen LogP contribution in [0, 0.1) is 0 Å². The van der Waals surface area contributed by atoms with Crippen LogP contribution in [0.5, 0.6) is 0 Å². The fourth-order valence-electron chi connectivity index (χ4n) is 1.68. The average molecular weight is 416 g/mol. The Bertz CT molecular complexity index is 654. The highest BCUT2D eigenvalue weighted by Crippen LogP contribution is 2.22. The molecule has 1 aromatic carbocycles. The van der Waals surface area contributed by atoms with Crippen molar-refractivity contribution in [1.29, 1.82) is 0 Å². The van der Waals surface area contributed by atoms with Crippen molar-refractivity contribution in [2.75, 3.05) is 11.5 Å². The third-order valence-corrected chi connectivity index (χ3v) is 5.59. The molecule has 3 amide bonds. The number of carbonyl (C=O) groups is 4. The zero-order valence-electron chi connectivity index (χ0n) is 14.0. The van der Waals surface area contributed by atoms with Crippen LogP contribution in [0.4, 0.5) is 4.79 Å². The second-order valence-electron chi connectivity index (χ2n) is 5.26. The number of carboxylic acids is 2. The number of hydrogen-bond acceptors (Lipinski definition) is 8. The minimum atomic E-state index is -1.07. The minimum Gasteiger partial charge on any atom is -0.480 e. The van der Waals surface area contributed by atoms with E-state index < -0.39 is 36.1 Å². The Kier molecular flexibility index (Phi) is 9.64. The molecule has 1 aromatic rings. The fraction of sp³-hybridized carbons (Fsp3) is 0.333. The van der Waals surface area contributed by atoms with E-state index in [0.717, 1.165) is 5.56 Å². The standard InChI is InChI=1S/C9H8N2O2.C6H12N2O4S2/c12-8-7(10-9(13)11-8)6-4-2-1-3-5-6;7-3(5(9)10)1-13-14-2-4(8)6(11)12/h1-5,7H,(H2,10,11,12,13);3-4H,1-2,7-8H2,(H,9,10)(H,11,12). The van der Waals surface area contributed by atoms with Crippen molar-refractivity contribution in [2.45, 2.75) is 18.1 Å². The van der Waals surface area contributed by atoms with Crippen molar-refractivity contribution >= 4 is 45.5 Å². The summed E-state index contributed by atoms with van der Waals surface area (Å²) < 4.78 is 0. The van der Waals surface area contributed by atoms with E-state index in [9.17, 15) is 19.2 Å². The van der Waals surface area contributed by atoms with Gasteiger partial charge in [0.15, 0.2) is 0 Å². The summed E-state index contributed by atoms with van der Waals surface area (Å²) in [5, 5.41) is 21.5. The summed E-state index contributed by atoms with van der Waals surface area (Å²) in [4.78, 5) is 42.5. The molecule has 1 saturated heterocycles. The summed E-state index contributed by atoms with van der Waals surface area (Å²) in [6.45, 7) is 0. The molecule has 8 N–H and O–H groups in total. The normalized spacial score (nSPS) is 17.8. The summed E-state index contributed by atoms with van der Waals surface area (Å²) in [7, 11) is 2.41. The van der Waals surface area contributed by atoms with E-state index in [1.165, 1.54) is 21.6 Å². The van der Waals surface area contributed by atoms with Gasteiger partial charge in [-0.2, -0.15) is 0 Å². The number of benzene rings is 1. The average Bonchev–Trinajstić information content (AvgIpc) is 2.97. The predicted octanol–water partition coefficient (Wildman–Crippen LogP) is -0.241. The Morgan fingerprint density at radius 1 is 1.00 bits per heavy atom. The third kappa shape index (κ3) is 8.30. The van der Waals surface area contributed by atoms with Gasteiger partial charge in [0.05, 0.1) is 0 Å². The number of imide groups is 1. The number of amides is 3. The molecule has 3 atom stereocenters. The largest absolute Gasteiger partial charge is 0.480 e. The Morgan fingerprint density at radius 2 is 1.48 bits per heavy atom. The van der Waals surface area contributed by atoms with E-state index in [-0.39, 0.29) is 17.4 Å². The highest BCUT2D eigenvalue weighted by molar-refractivity contribution is 8.76. The summed E-state index contributed by atoms with van der Waals surface area (Å²) in [6, 6.07) is 6.30. The Labute approximate surface area is 162 Å². The lowest BCUT2D eigenvalue weighted by molar-refractivity contribution is -0.138. The van der Waals surface area contributed by atoms with Gasteiger partial charge in [0, 0.05) is 11.5 Å². The summed E-state index contributed by atoms with van der Waals surface area (Å²) >= 11 is 0. The zero-order chi connectivity index (χ0) is 20.4. The third-order valence-electron chi connectivity index (χ3n) is 3.12. The van der Waals surface area contributed by atoms with Crippen LogP contribution in [-0.4, -0.2) is 57.7 Å².